The Hall–Kier alpha value is -3.04. The van der Waals surface area contributed by atoms with Crippen LogP contribution in [-0.4, -0.2) is 49.6 Å². The molecular formula is C24H25F2N5O2. The van der Waals surface area contributed by atoms with Gasteiger partial charge in [0.2, 0.25) is 5.95 Å². The van der Waals surface area contributed by atoms with E-state index < -0.39 is 23.2 Å². The van der Waals surface area contributed by atoms with Gasteiger partial charge in [-0.05, 0) is 54.0 Å². The maximum Gasteiger partial charge on any atom is 0.222 e. The molecule has 2 aromatic heterocycles. The lowest BCUT2D eigenvalue weighted by molar-refractivity contribution is 0.105. The third-order valence-corrected chi connectivity index (χ3v) is 7.40. The summed E-state index contributed by atoms with van der Waals surface area (Å²) in [7, 11) is 0. The predicted molar refractivity (Wildman–Crippen MR) is 118 cm³/mol. The summed E-state index contributed by atoms with van der Waals surface area (Å²) in [6.07, 6.45) is 2.44. The van der Waals surface area contributed by atoms with Gasteiger partial charge in [0, 0.05) is 12.7 Å². The van der Waals surface area contributed by atoms with Crippen LogP contribution in [-0.2, 0) is 5.41 Å². The Morgan fingerprint density at radius 2 is 1.94 bits per heavy atom. The number of halogens is 2. The Morgan fingerprint density at radius 3 is 2.67 bits per heavy atom. The van der Waals surface area contributed by atoms with Gasteiger partial charge in [0.15, 0.2) is 0 Å². The summed E-state index contributed by atoms with van der Waals surface area (Å²) in [6, 6.07) is 7.39. The van der Waals surface area contributed by atoms with Crippen LogP contribution in [0, 0.1) is 17.0 Å². The van der Waals surface area contributed by atoms with Crippen LogP contribution in [0.1, 0.15) is 49.6 Å². The van der Waals surface area contributed by atoms with E-state index in [-0.39, 0.29) is 35.7 Å². The quantitative estimate of drug-likeness (QED) is 0.527. The van der Waals surface area contributed by atoms with E-state index in [0.717, 1.165) is 29.8 Å². The molecule has 2 aliphatic carbocycles. The van der Waals surface area contributed by atoms with Crippen molar-refractivity contribution < 1.29 is 19.0 Å². The molecular weight excluding hydrogens is 428 g/mol. The van der Waals surface area contributed by atoms with Gasteiger partial charge in [-0.25, -0.2) is 18.7 Å². The Kier molecular flexibility index (Phi) is 5.13. The van der Waals surface area contributed by atoms with E-state index in [1.807, 2.05) is 6.07 Å². The van der Waals surface area contributed by atoms with Gasteiger partial charge < -0.3 is 15.5 Å². The van der Waals surface area contributed by atoms with Crippen LogP contribution < -0.4 is 5.32 Å². The second-order valence-electron chi connectivity index (χ2n) is 9.33. The maximum atomic E-state index is 14.4. The second kappa shape index (κ2) is 7.78. The van der Waals surface area contributed by atoms with Crippen molar-refractivity contribution in [1.29, 1.82) is 0 Å². The van der Waals surface area contributed by atoms with Gasteiger partial charge in [0.05, 0.1) is 40.8 Å². The number of aromatic nitrogens is 4. The topological polar surface area (TPSA) is 104 Å². The number of benzene rings is 1. The minimum Gasteiger partial charge on any atom is -0.394 e. The lowest BCUT2D eigenvalue weighted by Gasteiger charge is -2.37. The number of aliphatic hydroxyl groups is 2. The monoisotopic (exact) mass is 453 g/mol. The largest absolute Gasteiger partial charge is 0.394 e. The molecule has 0 amide bonds. The molecule has 1 aromatic carbocycles. The fourth-order valence-corrected chi connectivity index (χ4v) is 5.71. The first kappa shape index (κ1) is 21.8. The molecule has 7 nitrogen and oxygen atoms in total. The van der Waals surface area contributed by atoms with Crippen LogP contribution in [0.2, 0.25) is 0 Å². The molecule has 1 saturated carbocycles. The van der Waals surface area contributed by atoms with E-state index in [4.69, 9.17) is 10.1 Å². The zero-order chi connectivity index (χ0) is 23.4. The Morgan fingerprint density at radius 1 is 1.18 bits per heavy atom. The van der Waals surface area contributed by atoms with Crippen LogP contribution in [0.25, 0.3) is 11.3 Å². The maximum absolute atomic E-state index is 14.4. The Labute approximate surface area is 189 Å². The molecule has 3 aromatic rings. The van der Waals surface area contributed by atoms with E-state index in [9.17, 15) is 13.9 Å². The summed E-state index contributed by atoms with van der Waals surface area (Å²) in [5, 5.41) is 30.4. The predicted octanol–water partition coefficient (Wildman–Crippen LogP) is 3.18. The summed E-state index contributed by atoms with van der Waals surface area (Å²) in [5.41, 5.74) is 1.74. The standard InChI is InChI=1S/C24H25F2N5O2/c1-23(2)15-6-8-24(23,19-7-9-27-22(29-19)28-11-13(33)12-32)21-14(15)10-18(30-31-21)20-16(25)4-3-5-17(20)26/h3-5,7,9-10,13,15,32-33H,6,8,11-12H2,1-2H3,(H,27,28,29)/t13-,15+,24-/m1/s1. The molecule has 0 saturated heterocycles. The highest BCUT2D eigenvalue weighted by Crippen LogP contribution is 2.69. The molecule has 172 valence electrons. The highest BCUT2D eigenvalue weighted by Gasteiger charge is 2.65. The lowest BCUT2D eigenvalue weighted by Crippen LogP contribution is -2.38. The number of hydrogen-bond donors (Lipinski definition) is 3. The highest BCUT2D eigenvalue weighted by atomic mass is 19.1. The van der Waals surface area contributed by atoms with Crippen LogP contribution in [0.3, 0.4) is 0 Å². The first-order valence-corrected chi connectivity index (χ1v) is 11.0. The van der Waals surface area contributed by atoms with Gasteiger partial charge in [-0.3, -0.25) is 0 Å². The summed E-state index contributed by atoms with van der Waals surface area (Å²) in [6.45, 7) is 4.09. The zero-order valence-electron chi connectivity index (χ0n) is 18.4. The first-order valence-electron chi connectivity index (χ1n) is 11.0. The molecule has 1 fully saturated rings. The van der Waals surface area contributed by atoms with E-state index >= 15 is 0 Å². The molecule has 9 heteroatoms. The van der Waals surface area contributed by atoms with Crippen molar-refractivity contribution in [2.45, 2.75) is 44.1 Å². The van der Waals surface area contributed by atoms with Crippen molar-refractivity contribution in [3.05, 3.63) is 65.1 Å². The molecule has 33 heavy (non-hydrogen) atoms. The highest BCUT2D eigenvalue weighted by molar-refractivity contribution is 5.64. The zero-order valence-corrected chi connectivity index (χ0v) is 18.4. The van der Waals surface area contributed by atoms with Crippen LogP contribution in [0.15, 0.2) is 36.5 Å². The van der Waals surface area contributed by atoms with E-state index in [1.165, 1.54) is 18.2 Å². The normalized spacial score (nSPS) is 23.4. The third kappa shape index (κ3) is 3.13. The van der Waals surface area contributed by atoms with E-state index in [2.05, 4.69) is 34.3 Å². The number of hydrogen-bond acceptors (Lipinski definition) is 7. The average Bonchev–Trinajstić information content (AvgIpc) is 3.18. The first-order chi connectivity index (χ1) is 15.8. The molecule has 0 spiro atoms. The van der Waals surface area contributed by atoms with Crippen LogP contribution >= 0.6 is 0 Å². The van der Waals surface area contributed by atoms with Crippen molar-refractivity contribution in [2.75, 3.05) is 18.5 Å². The van der Waals surface area contributed by atoms with Gasteiger partial charge in [0.25, 0.3) is 0 Å². The fraction of sp³-hybridized carbons (Fsp3) is 0.417. The van der Waals surface area contributed by atoms with Gasteiger partial charge in [0.1, 0.15) is 11.6 Å². The molecule has 0 radical (unpaired) electrons. The fourth-order valence-electron chi connectivity index (χ4n) is 5.71. The molecule has 2 aliphatic rings. The molecule has 5 rings (SSSR count). The Balaban J connectivity index is 1.60. The second-order valence-corrected chi connectivity index (χ2v) is 9.33. The van der Waals surface area contributed by atoms with Crippen molar-refractivity contribution in [2.24, 2.45) is 5.41 Å². The number of aliphatic hydroxyl groups excluding tert-OH is 2. The molecule has 0 unspecified atom stereocenters. The van der Waals surface area contributed by atoms with Gasteiger partial charge in [-0.2, -0.15) is 5.10 Å². The van der Waals surface area contributed by atoms with Gasteiger partial charge in [-0.15, -0.1) is 5.10 Å². The van der Waals surface area contributed by atoms with E-state index in [0.29, 0.717) is 5.95 Å². The molecule has 3 atom stereocenters. The van der Waals surface area contributed by atoms with Crippen molar-refractivity contribution >= 4 is 5.95 Å². The van der Waals surface area contributed by atoms with Crippen LogP contribution in [0.4, 0.5) is 14.7 Å². The number of nitrogens with one attached hydrogen (secondary N) is 1. The van der Waals surface area contributed by atoms with Crippen molar-refractivity contribution in [1.82, 2.24) is 20.2 Å². The van der Waals surface area contributed by atoms with Gasteiger partial charge >= 0.3 is 0 Å². The van der Waals surface area contributed by atoms with Crippen LogP contribution in [0.5, 0.6) is 0 Å². The number of rotatable bonds is 6. The third-order valence-electron chi connectivity index (χ3n) is 7.40. The molecule has 0 aliphatic heterocycles. The summed E-state index contributed by atoms with van der Waals surface area (Å²) >= 11 is 0. The summed E-state index contributed by atoms with van der Waals surface area (Å²) in [5.74, 6) is -0.852. The number of fused-ring (bicyclic) bond motifs is 5. The number of nitrogens with zero attached hydrogens (tertiary/aromatic N) is 4. The van der Waals surface area contributed by atoms with E-state index in [1.54, 1.807) is 12.3 Å². The summed E-state index contributed by atoms with van der Waals surface area (Å²) in [4.78, 5) is 8.97. The smallest absolute Gasteiger partial charge is 0.222 e. The molecule has 2 bridgehead atoms. The van der Waals surface area contributed by atoms with Crippen molar-refractivity contribution in [3.8, 4) is 11.3 Å². The number of anilines is 1. The Bertz CT molecular complexity index is 1200. The molecule has 2 heterocycles. The average molecular weight is 453 g/mol. The summed E-state index contributed by atoms with van der Waals surface area (Å²) < 4.78 is 28.8. The minimum atomic E-state index is -0.919. The molecule has 3 N–H and O–H groups in total. The van der Waals surface area contributed by atoms with Gasteiger partial charge in [-0.1, -0.05) is 19.9 Å². The van der Waals surface area contributed by atoms with Crippen molar-refractivity contribution in [3.63, 3.8) is 0 Å². The SMILES string of the molecule is CC1(C)[C@H]2CC[C@@]1(c1ccnc(NC[C@@H](O)CO)n1)c1nnc(-c3c(F)cccc3F)cc12. The lowest BCUT2D eigenvalue weighted by atomic mass is 9.66. The minimum absolute atomic E-state index is 0.118.